The first-order valence-electron chi connectivity index (χ1n) is 5.62. The summed E-state index contributed by atoms with van der Waals surface area (Å²) in [5, 5.41) is 4.10. The zero-order chi connectivity index (χ0) is 13.4. The number of benzene rings is 2. The number of halogens is 2. The molecule has 4 heteroatoms. The molecule has 0 saturated heterocycles. The fraction of sp³-hybridized carbons (Fsp3) is 0. The van der Waals surface area contributed by atoms with E-state index in [1.807, 2.05) is 47.8 Å². The lowest BCUT2D eigenvalue weighted by molar-refractivity contribution is 0.104. The third kappa shape index (κ3) is 2.53. The monoisotopic (exact) mass is 394 g/mol. The molecule has 0 fully saturated rings. The number of thiophene rings is 1. The summed E-state index contributed by atoms with van der Waals surface area (Å²) < 4.78 is 1.90. The van der Waals surface area contributed by atoms with Crippen LogP contribution in [-0.2, 0) is 0 Å². The summed E-state index contributed by atoms with van der Waals surface area (Å²) in [6.45, 7) is 0. The van der Waals surface area contributed by atoms with Crippen molar-refractivity contribution in [2.24, 2.45) is 0 Å². The Morgan fingerprint density at radius 3 is 2.42 bits per heavy atom. The molecule has 0 aliphatic heterocycles. The topological polar surface area (TPSA) is 17.1 Å². The largest absolute Gasteiger partial charge is 0.288 e. The van der Waals surface area contributed by atoms with Gasteiger partial charge in [-0.1, -0.05) is 34.1 Å². The lowest BCUT2D eigenvalue weighted by Crippen LogP contribution is -1.99. The number of ketones is 1. The van der Waals surface area contributed by atoms with Gasteiger partial charge in [0.1, 0.15) is 0 Å². The van der Waals surface area contributed by atoms with Gasteiger partial charge in [0.15, 0.2) is 0 Å². The Hall–Kier alpha value is -0.970. The molecule has 3 aromatic rings. The van der Waals surface area contributed by atoms with Crippen molar-refractivity contribution in [2.45, 2.75) is 0 Å². The number of rotatable bonds is 2. The molecule has 2 aromatic carbocycles. The molecule has 0 bridgehead atoms. The van der Waals surface area contributed by atoms with E-state index in [-0.39, 0.29) is 5.78 Å². The maximum Gasteiger partial charge on any atom is 0.204 e. The highest BCUT2D eigenvalue weighted by Crippen LogP contribution is 2.27. The number of hydrogen-bond donors (Lipinski definition) is 0. The normalized spacial score (nSPS) is 10.8. The molecule has 19 heavy (non-hydrogen) atoms. The molecule has 1 aromatic heterocycles. The highest BCUT2D eigenvalue weighted by Gasteiger charge is 2.14. The predicted octanol–water partition coefficient (Wildman–Crippen LogP) is 5.66. The standard InChI is InChI=1S/C15H8Br2OS/c16-12-4-3-9-7-11(2-1-10(9)8-12)14(18)15-13(17)5-6-19-15/h1-8H. The Bertz CT molecular complexity index is 777. The maximum atomic E-state index is 12.4. The van der Waals surface area contributed by atoms with Gasteiger partial charge in [0.2, 0.25) is 5.78 Å². The van der Waals surface area contributed by atoms with Gasteiger partial charge in [0, 0.05) is 14.5 Å². The maximum absolute atomic E-state index is 12.4. The number of fused-ring (bicyclic) bond motifs is 1. The molecule has 1 nitrogen and oxygen atoms in total. The van der Waals surface area contributed by atoms with Gasteiger partial charge in [-0.05, 0) is 56.3 Å². The molecule has 0 saturated carbocycles. The number of hydrogen-bond acceptors (Lipinski definition) is 2. The van der Waals surface area contributed by atoms with Crippen molar-refractivity contribution in [3.63, 3.8) is 0 Å². The quantitative estimate of drug-likeness (QED) is 0.512. The molecular formula is C15H8Br2OS. The van der Waals surface area contributed by atoms with Gasteiger partial charge in [0.25, 0.3) is 0 Å². The van der Waals surface area contributed by atoms with E-state index < -0.39 is 0 Å². The lowest BCUT2D eigenvalue weighted by Gasteiger charge is -2.03. The summed E-state index contributed by atoms with van der Waals surface area (Å²) in [5.41, 5.74) is 0.720. The molecule has 0 amide bonds. The molecule has 0 aliphatic carbocycles. The van der Waals surface area contributed by atoms with Crippen molar-refractivity contribution in [1.82, 2.24) is 0 Å². The predicted molar refractivity (Wildman–Crippen MR) is 87.1 cm³/mol. The van der Waals surface area contributed by atoms with E-state index in [2.05, 4.69) is 31.9 Å². The minimum Gasteiger partial charge on any atom is -0.288 e. The van der Waals surface area contributed by atoms with Crippen molar-refractivity contribution in [3.05, 3.63) is 67.2 Å². The van der Waals surface area contributed by atoms with Gasteiger partial charge in [-0.3, -0.25) is 4.79 Å². The first-order chi connectivity index (χ1) is 9.15. The van der Waals surface area contributed by atoms with Gasteiger partial charge < -0.3 is 0 Å². The summed E-state index contributed by atoms with van der Waals surface area (Å²) in [6.07, 6.45) is 0. The first-order valence-corrected chi connectivity index (χ1v) is 8.09. The van der Waals surface area contributed by atoms with Crippen LogP contribution in [0.5, 0.6) is 0 Å². The van der Waals surface area contributed by atoms with Crippen LogP contribution < -0.4 is 0 Å². The third-order valence-corrected chi connectivity index (χ3v) is 5.22. The first kappa shape index (κ1) is 13.0. The zero-order valence-corrected chi connectivity index (χ0v) is 13.7. The van der Waals surface area contributed by atoms with E-state index in [1.54, 1.807) is 0 Å². The van der Waals surface area contributed by atoms with Crippen LogP contribution in [0.1, 0.15) is 15.2 Å². The summed E-state index contributed by atoms with van der Waals surface area (Å²) in [6, 6.07) is 13.7. The molecule has 0 radical (unpaired) electrons. The Morgan fingerprint density at radius 1 is 0.947 bits per heavy atom. The molecule has 1 heterocycles. The van der Waals surface area contributed by atoms with E-state index >= 15 is 0 Å². The van der Waals surface area contributed by atoms with Crippen molar-refractivity contribution in [2.75, 3.05) is 0 Å². The van der Waals surface area contributed by atoms with Crippen LogP contribution in [0.4, 0.5) is 0 Å². The smallest absolute Gasteiger partial charge is 0.204 e. The summed E-state index contributed by atoms with van der Waals surface area (Å²) in [7, 11) is 0. The number of carbonyl (C=O) groups excluding carboxylic acids is 1. The second kappa shape index (κ2) is 5.19. The second-order valence-corrected chi connectivity index (χ2v) is 6.82. The van der Waals surface area contributed by atoms with Crippen LogP contribution in [-0.4, -0.2) is 5.78 Å². The second-order valence-electron chi connectivity index (χ2n) is 4.13. The van der Waals surface area contributed by atoms with Crippen LogP contribution >= 0.6 is 43.2 Å². The van der Waals surface area contributed by atoms with Crippen LogP contribution in [0, 0.1) is 0 Å². The average molecular weight is 396 g/mol. The fourth-order valence-electron chi connectivity index (χ4n) is 1.94. The minimum absolute atomic E-state index is 0.0618. The Morgan fingerprint density at radius 2 is 1.68 bits per heavy atom. The van der Waals surface area contributed by atoms with Crippen molar-refractivity contribution in [1.29, 1.82) is 0 Å². The van der Waals surface area contributed by atoms with Gasteiger partial charge in [0.05, 0.1) is 4.88 Å². The van der Waals surface area contributed by atoms with Gasteiger partial charge >= 0.3 is 0 Å². The molecule has 0 aliphatic rings. The molecule has 94 valence electrons. The Labute approximate surface area is 131 Å². The van der Waals surface area contributed by atoms with Crippen LogP contribution in [0.2, 0.25) is 0 Å². The number of carbonyl (C=O) groups is 1. The van der Waals surface area contributed by atoms with Crippen LogP contribution in [0.3, 0.4) is 0 Å². The van der Waals surface area contributed by atoms with Gasteiger partial charge in [-0.25, -0.2) is 0 Å². The SMILES string of the molecule is O=C(c1ccc2cc(Br)ccc2c1)c1sccc1Br. The Kier molecular flexibility index (Phi) is 3.56. The minimum atomic E-state index is 0.0618. The highest BCUT2D eigenvalue weighted by atomic mass is 79.9. The molecule has 3 rings (SSSR count). The van der Waals surface area contributed by atoms with Gasteiger partial charge in [-0.2, -0.15) is 0 Å². The summed E-state index contributed by atoms with van der Waals surface area (Å²) in [5.74, 6) is 0.0618. The van der Waals surface area contributed by atoms with Crippen LogP contribution in [0.15, 0.2) is 56.8 Å². The molecule has 0 N–H and O–H groups in total. The van der Waals surface area contributed by atoms with E-state index in [4.69, 9.17) is 0 Å². The van der Waals surface area contributed by atoms with Crippen molar-refractivity contribution in [3.8, 4) is 0 Å². The summed E-state index contributed by atoms with van der Waals surface area (Å²) >= 11 is 8.31. The van der Waals surface area contributed by atoms with E-state index in [0.717, 1.165) is 30.2 Å². The van der Waals surface area contributed by atoms with Crippen molar-refractivity contribution < 1.29 is 4.79 Å². The fourth-order valence-corrected chi connectivity index (χ4v) is 3.84. The molecule has 0 atom stereocenters. The summed E-state index contributed by atoms with van der Waals surface area (Å²) in [4.78, 5) is 13.2. The van der Waals surface area contributed by atoms with E-state index in [9.17, 15) is 4.79 Å². The average Bonchev–Trinajstić information content (AvgIpc) is 2.83. The van der Waals surface area contributed by atoms with E-state index in [1.165, 1.54) is 11.3 Å². The van der Waals surface area contributed by atoms with Gasteiger partial charge in [-0.15, -0.1) is 11.3 Å². The van der Waals surface area contributed by atoms with E-state index in [0.29, 0.717) is 0 Å². The Balaban J connectivity index is 2.09. The lowest BCUT2D eigenvalue weighted by atomic mass is 10.0. The molecule has 0 spiro atoms. The van der Waals surface area contributed by atoms with Crippen LogP contribution in [0.25, 0.3) is 10.8 Å². The zero-order valence-electron chi connectivity index (χ0n) is 9.69. The van der Waals surface area contributed by atoms with Crippen molar-refractivity contribution >= 4 is 59.8 Å². The highest BCUT2D eigenvalue weighted by molar-refractivity contribution is 9.10. The molecular weight excluding hydrogens is 388 g/mol. The molecule has 0 unspecified atom stereocenters. The third-order valence-electron chi connectivity index (χ3n) is 2.89.